The van der Waals surface area contributed by atoms with E-state index < -0.39 is 0 Å². The van der Waals surface area contributed by atoms with Crippen LogP contribution in [0.5, 0.6) is 11.5 Å². The van der Waals surface area contributed by atoms with Crippen LogP contribution in [-0.2, 0) is 6.67 Å². The first-order valence-corrected chi connectivity index (χ1v) is 8.71. The van der Waals surface area contributed by atoms with E-state index in [1.54, 1.807) is 32.7 Å². The minimum absolute atomic E-state index is 0.110. The number of hydrogen-bond donors (Lipinski definition) is 1. The van der Waals surface area contributed by atoms with Crippen LogP contribution in [0.15, 0.2) is 18.2 Å². The fourth-order valence-corrected chi connectivity index (χ4v) is 3.89. The topological polar surface area (TPSA) is 83.9 Å². The van der Waals surface area contributed by atoms with E-state index >= 15 is 0 Å². The third kappa shape index (κ3) is 3.24. The molecule has 0 amide bonds. The second-order valence-corrected chi connectivity index (χ2v) is 6.65. The summed E-state index contributed by atoms with van der Waals surface area (Å²) in [6.07, 6.45) is 2.11. The Morgan fingerprint density at radius 3 is 2.73 bits per heavy atom. The van der Waals surface area contributed by atoms with Crippen molar-refractivity contribution in [2.24, 2.45) is 0 Å². The summed E-state index contributed by atoms with van der Waals surface area (Å²) in [5, 5.41) is 15.6. The maximum Gasteiger partial charge on any atom is 0.312 e. The van der Waals surface area contributed by atoms with Crippen LogP contribution in [0.3, 0.4) is 0 Å². The summed E-state index contributed by atoms with van der Waals surface area (Å²) in [6, 6.07) is 6.08. The molecule has 8 heteroatoms. The van der Waals surface area contributed by atoms with Crippen LogP contribution in [0.2, 0.25) is 0 Å². The second-order valence-electron chi connectivity index (χ2n) is 6.65. The van der Waals surface area contributed by atoms with Gasteiger partial charge in [-0.2, -0.15) is 5.10 Å². The van der Waals surface area contributed by atoms with Gasteiger partial charge < -0.3 is 14.4 Å². The maximum absolute atomic E-state index is 11.2. The van der Waals surface area contributed by atoms with E-state index in [-0.39, 0.29) is 16.7 Å². The first-order valence-electron chi connectivity index (χ1n) is 8.71. The number of benzene rings is 1. The molecule has 2 aromatic rings. The number of quaternary nitrogens is 1. The fraction of sp³-hybridized carbons (Fsp3) is 0.500. The van der Waals surface area contributed by atoms with E-state index in [0.717, 1.165) is 36.4 Å². The lowest BCUT2D eigenvalue weighted by Crippen LogP contribution is -3.09. The van der Waals surface area contributed by atoms with Crippen molar-refractivity contribution in [1.29, 1.82) is 0 Å². The number of rotatable bonds is 6. The Bertz CT molecular complexity index is 818. The average Bonchev–Trinajstić information content (AvgIpc) is 3.18. The third-order valence-corrected chi connectivity index (χ3v) is 5.17. The Kier molecular flexibility index (Phi) is 5.13. The Labute approximate surface area is 152 Å². The second kappa shape index (κ2) is 7.33. The Morgan fingerprint density at radius 1 is 1.35 bits per heavy atom. The van der Waals surface area contributed by atoms with Crippen LogP contribution < -0.4 is 14.4 Å². The van der Waals surface area contributed by atoms with Gasteiger partial charge in [0.15, 0.2) is 6.67 Å². The molecule has 2 atom stereocenters. The lowest BCUT2D eigenvalue weighted by atomic mass is 10.0. The van der Waals surface area contributed by atoms with Crippen LogP contribution >= 0.6 is 0 Å². The standard InChI is InChI=1S/C18H24N4O4/c1-12-18(22(23)24)13(2)21(19-12)11-20-9-5-6-16(20)15-10-14(25-3)7-8-17(15)26-4/h7-8,10,16H,5-6,9,11H2,1-4H3/p+1/t16-/m1/s1. The highest BCUT2D eigenvalue weighted by atomic mass is 16.6. The van der Waals surface area contributed by atoms with Crippen molar-refractivity contribution in [3.63, 3.8) is 0 Å². The van der Waals surface area contributed by atoms with Gasteiger partial charge in [0.05, 0.1) is 31.3 Å². The molecule has 0 bridgehead atoms. The molecule has 0 aliphatic carbocycles. The summed E-state index contributed by atoms with van der Waals surface area (Å²) >= 11 is 0. The van der Waals surface area contributed by atoms with Gasteiger partial charge in [-0.3, -0.25) is 10.1 Å². The number of nitrogens with zero attached hydrogens (tertiary/aromatic N) is 3. The normalized spacial score (nSPS) is 19.5. The molecule has 3 rings (SSSR count). The fourth-order valence-electron chi connectivity index (χ4n) is 3.89. The SMILES string of the molecule is COc1ccc(OC)c([C@H]2CCC[NH+]2Cn2nc(C)c([N+](=O)[O-])c2C)c1. The predicted octanol–water partition coefficient (Wildman–Crippen LogP) is 1.80. The molecule has 0 radical (unpaired) electrons. The summed E-state index contributed by atoms with van der Waals surface area (Å²) in [5.74, 6) is 1.64. The van der Waals surface area contributed by atoms with Crippen molar-refractivity contribution in [2.45, 2.75) is 39.4 Å². The minimum atomic E-state index is -0.351. The van der Waals surface area contributed by atoms with Gasteiger partial charge in [-0.25, -0.2) is 4.68 Å². The van der Waals surface area contributed by atoms with Gasteiger partial charge >= 0.3 is 5.69 Å². The average molecular weight is 361 g/mol. The number of likely N-dealkylation sites (tertiary alicyclic amines) is 1. The largest absolute Gasteiger partial charge is 0.497 e. The molecule has 1 aliphatic rings. The van der Waals surface area contributed by atoms with Crippen molar-refractivity contribution < 1.29 is 19.3 Å². The van der Waals surface area contributed by atoms with Gasteiger partial charge in [0, 0.05) is 12.8 Å². The Balaban J connectivity index is 1.90. The molecule has 1 saturated heterocycles. The molecule has 1 unspecified atom stereocenters. The quantitative estimate of drug-likeness (QED) is 0.627. The lowest BCUT2D eigenvalue weighted by molar-refractivity contribution is -0.941. The zero-order chi connectivity index (χ0) is 18.8. The molecular weight excluding hydrogens is 336 g/mol. The molecule has 1 N–H and O–H groups in total. The molecule has 0 spiro atoms. The number of methoxy groups -OCH3 is 2. The predicted molar refractivity (Wildman–Crippen MR) is 95.7 cm³/mol. The van der Waals surface area contributed by atoms with Crippen LogP contribution in [0.25, 0.3) is 0 Å². The highest BCUT2D eigenvalue weighted by Gasteiger charge is 2.34. The molecule has 1 aromatic heterocycles. The molecule has 26 heavy (non-hydrogen) atoms. The monoisotopic (exact) mass is 361 g/mol. The highest BCUT2D eigenvalue weighted by Crippen LogP contribution is 2.32. The zero-order valence-electron chi connectivity index (χ0n) is 15.6. The molecule has 1 aromatic carbocycles. The summed E-state index contributed by atoms with van der Waals surface area (Å²) < 4.78 is 12.7. The van der Waals surface area contributed by atoms with Crippen molar-refractivity contribution in [3.8, 4) is 11.5 Å². The van der Waals surface area contributed by atoms with E-state index in [9.17, 15) is 10.1 Å². The number of ether oxygens (including phenoxy) is 2. The van der Waals surface area contributed by atoms with Gasteiger partial charge in [-0.05, 0) is 32.0 Å². The van der Waals surface area contributed by atoms with E-state index in [0.29, 0.717) is 18.1 Å². The Morgan fingerprint density at radius 2 is 2.12 bits per heavy atom. The van der Waals surface area contributed by atoms with Crippen LogP contribution in [-0.4, -0.2) is 35.5 Å². The molecule has 2 heterocycles. The smallest absolute Gasteiger partial charge is 0.312 e. The van der Waals surface area contributed by atoms with Gasteiger partial charge in [0.25, 0.3) is 0 Å². The van der Waals surface area contributed by atoms with Gasteiger partial charge in [-0.15, -0.1) is 0 Å². The number of nitro groups is 1. The first-order chi connectivity index (χ1) is 12.5. The number of hydrogen-bond acceptors (Lipinski definition) is 5. The number of nitrogens with one attached hydrogen (secondary N) is 1. The zero-order valence-corrected chi connectivity index (χ0v) is 15.6. The van der Waals surface area contributed by atoms with Crippen molar-refractivity contribution in [1.82, 2.24) is 9.78 Å². The van der Waals surface area contributed by atoms with Crippen LogP contribution in [0.1, 0.15) is 35.8 Å². The first kappa shape index (κ1) is 18.2. The lowest BCUT2D eigenvalue weighted by Gasteiger charge is -2.24. The molecule has 8 nitrogen and oxygen atoms in total. The summed E-state index contributed by atoms with van der Waals surface area (Å²) in [6.45, 7) is 5.01. The molecule has 0 saturated carbocycles. The van der Waals surface area contributed by atoms with Gasteiger partial charge in [-0.1, -0.05) is 0 Å². The molecule has 1 fully saturated rings. The van der Waals surface area contributed by atoms with E-state index in [1.165, 1.54) is 4.90 Å². The van der Waals surface area contributed by atoms with Crippen LogP contribution in [0, 0.1) is 24.0 Å². The van der Waals surface area contributed by atoms with E-state index in [4.69, 9.17) is 9.47 Å². The highest BCUT2D eigenvalue weighted by molar-refractivity contribution is 5.42. The van der Waals surface area contributed by atoms with Crippen molar-refractivity contribution in [2.75, 3.05) is 20.8 Å². The summed E-state index contributed by atoms with van der Waals surface area (Å²) in [5.41, 5.74) is 2.28. The van der Waals surface area contributed by atoms with Crippen molar-refractivity contribution in [3.05, 3.63) is 45.3 Å². The molecule has 140 valence electrons. The van der Waals surface area contributed by atoms with Gasteiger partial charge in [0.1, 0.15) is 28.9 Å². The molecule has 1 aliphatic heterocycles. The maximum atomic E-state index is 11.2. The Hall–Kier alpha value is -2.61. The summed E-state index contributed by atoms with van der Waals surface area (Å²) in [4.78, 5) is 12.2. The molecular formula is C18H25N4O4+. The van der Waals surface area contributed by atoms with E-state index in [2.05, 4.69) is 5.10 Å². The van der Waals surface area contributed by atoms with Gasteiger partial charge in [0.2, 0.25) is 0 Å². The minimum Gasteiger partial charge on any atom is -0.497 e. The number of aryl methyl sites for hydroxylation is 1. The van der Waals surface area contributed by atoms with Crippen LogP contribution in [0.4, 0.5) is 5.69 Å². The van der Waals surface area contributed by atoms with Crippen molar-refractivity contribution >= 4 is 5.69 Å². The number of aromatic nitrogens is 2. The summed E-state index contributed by atoms with van der Waals surface area (Å²) in [7, 11) is 3.32. The third-order valence-electron chi connectivity index (χ3n) is 5.17. The van der Waals surface area contributed by atoms with E-state index in [1.807, 2.05) is 18.2 Å².